The highest BCUT2D eigenvalue weighted by Crippen LogP contribution is 2.28. The lowest BCUT2D eigenvalue weighted by Gasteiger charge is -2.08. The highest BCUT2D eigenvalue weighted by Gasteiger charge is 2.17. The molecule has 0 aliphatic heterocycles. The van der Waals surface area contributed by atoms with E-state index in [1.807, 2.05) is 35.6 Å². The lowest BCUT2D eigenvalue weighted by Crippen LogP contribution is -2.05. The first-order valence-electron chi connectivity index (χ1n) is 5.35. The predicted molar refractivity (Wildman–Crippen MR) is 89.1 cm³/mol. The average Bonchev–Trinajstić information content (AvgIpc) is 2.33. The van der Waals surface area contributed by atoms with Crippen LogP contribution in [-0.4, -0.2) is 5.78 Å². The third-order valence-electron chi connectivity index (χ3n) is 2.67. The summed E-state index contributed by atoms with van der Waals surface area (Å²) in [5, 5.41) is 0. The summed E-state index contributed by atoms with van der Waals surface area (Å²) in [6.07, 6.45) is 0. The van der Waals surface area contributed by atoms with Crippen molar-refractivity contribution >= 4 is 60.2 Å². The molecule has 5 heteroatoms. The van der Waals surface area contributed by atoms with Gasteiger partial charge in [0.05, 0.1) is 0 Å². The van der Waals surface area contributed by atoms with E-state index in [-0.39, 0.29) is 11.6 Å². The first-order valence-corrected chi connectivity index (χ1v) is 8.02. The Bertz CT molecular complexity index is 671. The van der Waals surface area contributed by atoms with Crippen LogP contribution in [0.4, 0.5) is 4.39 Å². The normalized spacial score (nSPS) is 10.6. The number of hydrogen-bond donors (Lipinski definition) is 0. The van der Waals surface area contributed by atoms with Gasteiger partial charge in [0.2, 0.25) is 0 Å². The molecule has 0 amide bonds. The van der Waals surface area contributed by atoms with Crippen molar-refractivity contribution in [2.24, 2.45) is 0 Å². The van der Waals surface area contributed by atoms with Crippen molar-refractivity contribution < 1.29 is 9.18 Å². The minimum atomic E-state index is -0.342. The Balaban J connectivity index is 2.53. The first kappa shape index (κ1) is 15.1. The lowest BCUT2D eigenvalue weighted by molar-refractivity contribution is 0.103. The Hall–Kier alpha value is -0.270. The van der Waals surface area contributed by atoms with Crippen LogP contribution in [0.2, 0.25) is 0 Å². The molecular formula is C14H8Br2FIO. The smallest absolute Gasteiger partial charge is 0.195 e. The van der Waals surface area contributed by atoms with Gasteiger partial charge in [-0.1, -0.05) is 31.9 Å². The van der Waals surface area contributed by atoms with Crippen molar-refractivity contribution in [3.8, 4) is 0 Å². The number of benzene rings is 2. The minimum absolute atomic E-state index is 0.128. The van der Waals surface area contributed by atoms with E-state index in [1.165, 1.54) is 18.2 Å². The van der Waals surface area contributed by atoms with Crippen LogP contribution in [0.3, 0.4) is 0 Å². The zero-order chi connectivity index (χ0) is 14.2. The summed E-state index contributed by atoms with van der Waals surface area (Å²) < 4.78 is 15.3. The number of carbonyl (C=O) groups excluding carboxylic acids is 1. The second-order valence-corrected chi connectivity index (χ2v) is 6.91. The van der Waals surface area contributed by atoms with E-state index in [4.69, 9.17) is 0 Å². The van der Waals surface area contributed by atoms with Crippen LogP contribution in [0.1, 0.15) is 21.5 Å². The van der Waals surface area contributed by atoms with Gasteiger partial charge in [0.15, 0.2) is 5.78 Å². The summed E-state index contributed by atoms with van der Waals surface area (Å²) >= 11 is 8.78. The summed E-state index contributed by atoms with van der Waals surface area (Å²) in [6, 6.07) is 7.83. The number of ketones is 1. The number of halogens is 4. The van der Waals surface area contributed by atoms with Gasteiger partial charge in [-0.3, -0.25) is 4.79 Å². The second kappa shape index (κ2) is 6.01. The highest BCUT2D eigenvalue weighted by atomic mass is 127. The molecule has 0 aliphatic carbocycles. The summed E-state index contributed by atoms with van der Waals surface area (Å²) in [5.41, 5.74) is 2.10. The first-order chi connectivity index (χ1) is 8.90. The maximum absolute atomic E-state index is 13.1. The highest BCUT2D eigenvalue weighted by molar-refractivity contribution is 14.1. The standard InChI is InChI=1S/C14H8Br2FIO/c1-7-4-12(16)10(6-11(7)15)14(19)9-3-2-8(17)5-13(9)18/h2-6H,1H3. The van der Waals surface area contributed by atoms with Crippen molar-refractivity contribution in [1.29, 1.82) is 0 Å². The van der Waals surface area contributed by atoms with E-state index in [2.05, 4.69) is 31.9 Å². The number of carbonyl (C=O) groups is 1. The van der Waals surface area contributed by atoms with E-state index in [9.17, 15) is 9.18 Å². The molecule has 0 fully saturated rings. The van der Waals surface area contributed by atoms with Gasteiger partial charge < -0.3 is 0 Å². The number of hydrogen-bond acceptors (Lipinski definition) is 1. The third kappa shape index (κ3) is 3.25. The molecule has 19 heavy (non-hydrogen) atoms. The minimum Gasteiger partial charge on any atom is -0.289 e. The largest absolute Gasteiger partial charge is 0.289 e. The van der Waals surface area contributed by atoms with Crippen LogP contribution >= 0.6 is 54.5 Å². The zero-order valence-corrected chi connectivity index (χ0v) is 15.1. The van der Waals surface area contributed by atoms with Gasteiger partial charge in [-0.15, -0.1) is 0 Å². The quantitative estimate of drug-likeness (QED) is 0.396. The molecule has 0 unspecified atom stereocenters. The van der Waals surface area contributed by atoms with Crippen LogP contribution in [0, 0.1) is 16.3 Å². The fourth-order valence-electron chi connectivity index (χ4n) is 1.64. The molecule has 1 nitrogen and oxygen atoms in total. The maximum Gasteiger partial charge on any atom is 0.195 e. The number of rotatable bonds is 2. The van der Waals surface area contributed by atoms with Crippen LogP contribution < -0.4 is 0 Å². The van der Waals surface area contributed by atoms with Crippen LogP contribution in [0.5, 0.6) is 0 Å². The fraction of sp³-hybridized carbons (Fsp3) is 0.0714. The van der Waals surface area contributed by atoms with Gasteiger partial charge in [-0.2, -0.15) is 0 Å². The summed E-state index contributed by atoms with van der Waals surface area (Å²) in [5.74, 6) is -0.470. The lowest BCUT2D eigenvalue weighted by atomic mass is 10.0. The van der Waals surface area contributed by atoms with Crippen LogP contribution in [-0.2, 0) is 0 Å². The van der Waals surface area contributed by atoms with Gasteiger partial charge in [0.1, 0.15) is 5.82 Å². The van der Waals surface area contributed by atoms with E-state index in [1.54, 1.807) is 6.07 Å². The Labute approximate surface area is 141 Å². The topological polar surface area (TPSA) is 17.1 Å². The molecule has 2 aromatic rings. The fourth-order valence-corrected chi connectivity index (χ4v) is 3.34. The molecule has 0 bridgehead atoms. The van der Waals surface area contributed by atoms with Crippen molar-refractivity contribution in [3.05, 3.63) is 65.4 Å². The summed E-state index contributed by atoms with van der Waals surface area (Å²) in [7, 11) is 0. The average molecular weight is 498 g/mol. The summed E-state index contributed by atoms with van der Waals surface area (Å²) in [4.78, 5) is 12.5. The zero-order valence-electron chi connectivity index (χ0n) is 9.81. The molecule has 0 aromatic heterocycles. The van der Waals surface area contributed by atoms with Gasteiger partial charge in [0.25, 0.3) is 0 Å². The van der Waals surface area contributed by atoms with Crippen molar-refractivity contribution in [2.45, 2.75) is 6.92 Å². The molecule has 0 radical (unpaired) electrons. The predicted octanol–water partition coefficient (Wildman–Crippen LogP) is 5.49. The van der Waals surface area contributed by atoms with Crippen molar-refractivity contribution in [1.82, 2.24) is 0 Å². The molecule has 0 heterocycles. The van der Waals surface area contributed by atoms with Gasteiger partial charge in [0, 0.05) is 23.6 Å². The SMILES string of the molecule is Cc1cc(Br)c(C(=O)c2ccc(F)cc2I)cc1Br. The molecule has 2 rings (SSSR count). The third-order valence-corrected chi connectivity index (χ3v) is 5.07. The maximum atomic E-state index is 13.1. The number of aryl methyl sites for hydroxylation is 1. The summed E-state index contributed by atoms with van der Waals surface area (Å²) in [6.45, 7) is 1.95. The molecule has 2 aromatic carbocycles. The van der Waals surface area contributed by atoms with E-state index in [0.717, 1.165) is 14.5 Å². The van der Waals surface area contributed by atoms with E-state index >= 15 is 0 Å². The Kier molecular flexibility index (Phi) is 4.79. The molecular weight excluding hydrogens is 490 g/mol. The second-order valence-electron chi connectivity index (χ2n) is 4.03. The van der Waals surface area contributed by atoms with Gasteiger partial charge in [-0.25, -0.2) is 4.39 Å². The molecule has 0 atom stereocenters. The molecule has 0 aliphatic rings. The molecule has 98 valence electrons. The Morgan fingerprint density at radius 1 is 1.11 bits per heavy atom. The van der Waals surface area contributed by atoms with E-state index in [0.29, 0.717) is 14.7 Å². The van der Waals surface area contributed by atoms with E-state index < -0.39 is 0 Å². The van der Waals surface area contributed by atoms with Gasteiger partial charge >= 0.3 is 0 Å². The van der Waals surface area contributed by atoms with Crippen molar-refractivity contribution in [3.63, 3.8) is 0 Å². The van der Waals surface area contributed by atoms with Crippen LogP contribution in [0.25, 0.3) is 0 Å². The van der Waals surface area contributed by atoms with Gasteiger partial charge in [-0.05, 0) is 65.4 Å². The monoisotopic (exact) mass is 496 g/mol. The molecule has 0 saturated carbocycles. The molecule has 0 saturated heterocycles. The Morgan fingerprint density at radius 2 is 1.79 bits per heavy atom. The Morgan fingerprint density at radius 3 is 2.42 bits per heavy atom. The molecule has 0 N–H and O–H groups in total. The van der Waals surface area contributed by atoms with Crippen LogP contribution in [0.15, 0.2) is 39.3 Å². The molecule has 0 spiro atoms. The van der Waals surface area contributed by atoms with Crippen molar-refractivity contribution in [2.75, 3.05) is 0 Å².